The molecule has 0 spiro atoms. The zero-order valence-electron chi connectivity index (χ0n) is 17.9. The number of methoxy groups -OCH3 is 1. The number of hydrogen-bond donors (Lipinski definition) is 0. The molecule has 0 bridgehead atoms. The van der Waals surface area contributed by atoms with Crippen LogP contribution in [0.5, 0.6) is 5.75 Å². The minimum Gasteiger partial charge on any atom is -0.495 e. The fraction of sp³-hybridized carbons (Fsp3) is 0.435. The van der Waals surface area contributed by atoms with Crippen molar-refractivity contribution in [3.8, 4) is 11.4 Å². The van der Waals surface area contributed by atoms with Gasteiger partial charge in [0.05, 0.1) is 18.2 Å². The number of benzene rings is 1. The lowest BCUT2D eigenvalue weighted by Gasteiger charge is -2.13. The van der Waals surface area contributed by atoms with Gasteiger partial charge in [-0.15, -0.1) is 21.5 Å². The van der Waals surface area contributed by atoms with Crippen LogP contribution in [-0.2, 0) is 12.8 Å². The van der Waals surface area contributed by atoms with E-state index in [-0.39, 0.29) is 5.56 Å². The van der Waals surface area contributed by atoms with Crippen molar-refractivity contribution in [2.24, 2.45) is 0 Å². The minimum atomic E-state index is -0.0294. The van der Waals surface area contributed by atoms with E-state index in [0.29, 0.717) is 17.2 Å². The van der Waals surface area contributed by atoms with Crippen molar-refractivity contribution in [1.29, 1.82) is 0 Å². The topological polar surface area (TPSA) is 61.4 Å². The predicted molar refractivity (Wildman–Crippen MR) is 127 cm³/mol. The van der Waals surface area contributed by atoms with Gasteiger partial charge in [0.15, 0.2) is 5.16 Å². The molecule has 4 aromatic rings. The van der Waals surface area contributed by atoms with Crippen LogP contribution < -0.4 is 10.3 Å². The number of rotatable bonds is 8. The Kier molecular flexibility index (Phi) is 5.75. The lowest BCUT2D eigenvalue weighted by Crippen LogP contribution is -2.22. The summed E-state index contributed by atoms with van der Waals surface area (Å²) in [5.41, 5.74) is 1.88. The fourth-order valence-corrected chi connectivity index (χ4v) is 6.74. The average Bonchev–Trinajstić information content (AvgIpc) is 3.48. The van der Waals surface area contributed by atoms with E-state index in [1.165, 1.54) is 29.7 Å². The average molecular weight is 455 g/mol. The molecule has 31 heavy (non-hydrogen) atoms. The van der Waals surface area contributed by atoms with Gasteiger partial charge in [-0.05, 0) is 43.4 Å². The number of aromatic nitrogens is 4. The third kappa shape index (κ3) is 3.46. The van der Waals surface area contributed by atoms with Crippen LogP contribution in [0.4, 0.5) is 0 Å². The lowest BCUT2D eigenvalue weighted by atomic mass is 10.2. The standard InChI is InChI=1S/C23H26N4O2S2/c1-3-4-5-8-14-30-23-25-24-22-26(16-11-6-7-12-17(16)29-2)20(28)19-15-10-9-13-18(15)31-21(19)27(22)23/h6-7,11-12H,3-5,8-10,13-14H2,1-2H3. The molecule has 3 heterocycles. The molecule has 6 nitrogen and oxygen atoms in total. The molecule has 8 heteroatoms. The van der Waals surface area contributed by atoms with Crippen LogP contribution >= 0.6 is 23.1 Å². The number of nitrogens with zero attached hydrogens (tertiary/aromatic N) is 4. The highest BCUT2D eigenvalue weighted by Gasteiger charge is 2.27. The van der Waals surface area contributed by atoms with Gasteiger partial charge in [-0.2, -0.15) is 0 Å². The molecule has 0 N–H and O–H groups in total. The second-order valence-corrected chi connectivity index (χ2v) is 10.0. The van der Waals surface area contributed by atoms with Gasteiger partial charge < -0.3 is 4.74 Å². The lowest BCUT2D eigenvalue weighted by molar-refractivity contribution is 0.413. The van der Waals surface area contributed by atoms with Gasteiger partial charge in [-0.1, -0.05) is 50.1 Å². The third-order valence-electron chi connectivity index (χ3n) is 5.89. The van der Waals surface area contributed by atoms with Crippen molar-refractivity contribution >= 4 is 39.1 Å². The molecule has 162 valence electrons. The quantitative estimate of drug-likeness (QED) is 0.268. The van der Waals surface area contributed by atoms with Crippen molar-refractivity contribution in [2.45, 2.75) is 57.0 Å². The number of hydrogen-bond acceptors (Lipinski definition) is 6. The summed E-state index contributed by atoms with van der Waals surface area (Å²) in [5, 5.41) is 10.7. The van der Waals surface area contributed by atoms with Crippen LogP contribution in [0.1, 0.15) is 49.5 Å². The molecule has 1 aromatic carbocycles. The molecule has 0 unspecified atom stereocenters. The van der Waals surface area contributed by atoms with Crippen LogP contribution in [0.2, 0.25) is 0 Å². The summed E-state index contributed by atoms with van der Waals surface area (Å²) in [6.07, 6.45) is 8.00. The Morgan fingerprint density at radius 1 is 1.16 bits per heavy atom. The molecule has 0 fully saturated rings. The first-order valence-electron chi connectivity index (χ1n) is 10.9. The van der Waals surface area contributed by atoms with Crippen molar-refractivity contribution in [2.75, 3.05) is 12.9 Å². The zero-order chi connectivity index (χ0) is 21.4. The normalized spacial score (nSPS) is 13.4. The Morgan fingerprint density at radius 3 is 2.87 bits per heavy atom. The van der Waals surface area contributed by atoms with Gasteiger partial charge in [0, 0.05) is 10.6 Å². The second kappa shape index (κ2) is 8.67. The van der Waals surface area contributed by atoms with E-state index in [0.717, 1.165) is 46.8 Å². The van der Waals surface area contributed by atoms with Crippen molar-refractivity contribution in [3.63, 3.8) is 0 Å². The first kappa shape index (κ1) is 20.6. The number of thioether (sulfide) groups is 1. The molecule has 0 saturated carbocycles. The maximum absolute atomic E-state index is 13.8. The van der Waals surface area contributed by atoms with E-state index < -0.39 is 0 Å². The van der Waals surface area contributed by atoms with Crippen LogP contribution in [0.25, 0.3) is 21.7 Å². The number of fused-ring (bicyclic) bond motifs is 5. The summed E-state index contributed by atoms with van der Waals surface area (Å²) < 4.78 is 9.35. The first-order chi connectivity index (χ1) is 15.2. The van der Waals surface area contributed by atoms with Gasteiger partial charge in [-0.3, -0.25) is 4.79 Å². The van der Waals surface area contributed by atoms with E-state index in [1.54, 1.807) is 34.8 Å². The Bertz CT molecular complexity index is 1300. The summed E-state index contributed by atoms with van der Waals surface area (Å²) in [6, 6.07) is 7.61. The number of ether oxygens (including phenoxy) is 1. The molecule has 5 rings (SSSR count). The van der Waals surface area contributed by atoms with Gasteiger partial charge in [0.2, 0.25) is 5.78 Å². The molecule has 0 radical (unpaired) electrons. The minimum absolute atomic E-state index is 0.0294. The largest absolute Gasteiger partial charge is 0.495 e. The van der Waals surface area contributed by atoms with E-state index in [4.69, 9.17) is 4.74 Å². The monoisotopic (exact) mass is 454 g/mol. The van der Waals surface area contributed by atoms with Gasteiger partial charge >= 0.3 is 0 Å². The molecular formula is C23H26N4O2S2. The van der Waals surface area contributed by atoms with Crippen molar-refractivity contribution in [1.82, 2.24) is 19.2 Å². The van der Waals surface area contributed by atoms with E-state index >= 15 is 0 Å². The number of unbranched alkanes of at least 4 members (excludes halogenated alkanes) is 3. The summed E-state index contributed by atoms with van der Waals surface area (Å²) >= 11 is 3.47. The summed E-state index contributed by atoms with van der Waals surface area (Å²) in [5.74, 6) is 2.20. The molecule has 1 aliphatic rings. The van der Waals surface area contributed by atoms with E-state index in [9.17, 15) is 4.79 Å². The molecule has 0 aliphatic heterocycles. The Hall–Kier alpha value is -2.32. The third-order valence-corrected chi connectivity index (χ3v) is 8.19. The van der Waals surface area contributed by atoms with Crippen LogP contribution in [0, 0.1) is 0 Å². The van der Waals surface area contributed by atoms with Gasteiger partial charge in [0.25, 0.3) is 5.56 Å². The molecule has 0 saturated heterocycles. The van der Waals surface area contributed by atoms with Crippen LogP contribution in [0.3, 0.4) is 0 Å². The highest BCUT2D eigenvalue weighted by molar-refractivity contribution is 7.99. The maximum atomic E-state index is 13.8. The molecule has 1 aliphatic carbocycles. The maximum Gasteiger partial charge on any atom is 0.268 e. The fourth-order valence-electron chi connectivity index (χ4n) is 4.37. The van der Waals surface area contributed by atoms with E-state index in [1.807, 2.05) is 24.3 Å². The summed E-state index contributed by atoms with van der Waals surface area (Å²) in [7, 11) is 1.63. The molecule has 3 aromatic heterocycles. The number of aryl methyl sites for hydroxylation is 2. The van der Waals surface area contributed by atoms with Crippen molar-refractivity contribution in [3.05, 3.63) is 45.1 Å². The summed E-state index contributed by atoms with van der Waals surface area (Å²) in [4.78, 5) is 16.1. The zero-order valence-corrected chi connectivity index (χ0v) is 19.5. The second-order valence-electron chi connectivity index (χ2n) is 7.88. The molecule has 0 amide bonds. The van der Waals surface area contributed by atoms with E-state index in [2.05, 4.69) is 21.5 Å². The van der Waals surface area contributed by atoms with Crippen LogP contribution in [-0.4, -0.2) is 32.0 Å². The molecular weight excluding hydrogens is 428 g/mol. The Balaban J connectivity index is 1.73. The van der Waals surface area contributed by atoms with Crippen molar-refractivity contribution < 1.29 is 4.74 Å². The number of thiophene rings is 1. The highest BCUT2D eigenvalue weighted by atomic mass is 32.2. The summed E-state index contributed by atoms with van der Waals surface area (Å²) in [6.45, 7) is 2.23. The van der Waals surface area contributed by atoms with Crippen LogP contribution in [0.15, 0.2) is 34.2 Å². The van der Waals surface area contributed by atoms with Gasteiger partial charge in [0.1, 0.15) is 10.6 Å². The Labute approximate surface area is 189 Å². The predicted octanol–water partition coefficient (Wildman–Crippen LogP) is 5.26. The smallest absolute Gasteiger partial charge is 0.268 e. The first-order valence-corrected chi connectivity index (χ1v) is 12.8. The highest BCUT2D eigenvalue weighted by Crippen LogP contribution is 2.38. The van der Waals surface area contributed by atoms with Gasteiger partial charge in [-0.25, -0.2) is 8.97 Å². The number of para-hydroxylation sites is 2. The Morgan fingerprint density at radius 2 is 2.03 bits per heavy atom. The SMILES string of the molecule is CCCCCCSc1nnc2n(-c3ccccc3OC)c(=O)c3c4c(sc3n12)CCC4. The molecule has 0 atom stereocenters.